The average Bonchev–Trinajstić information content (AvgIpc) is 2.92. The molecule has 0 unspecified atom stereocenters. The molecule has 20 heavy (non-hydrogen) atoms. The molecule has 0 amide bonds. The molecule has 0 spiro atoms. The number of pyridine rings is 1. The summed E-state index contributed by atoms with van der Waals surface area (Å²) in [7, 11) is 0. The van der Waals surface area contributed by atoms with Crippen molar-refractivity contribution in [2.24, 2.45) is 0 Å². The van der Waals surface area contributed by atoms with E-state index in [1.54, 1.807) is 6.20 Å². The van der Waals surface area contributed by atoms with E-state index in [4.69, 9.17) is 4.74 Å². The summed E-state index contributed by atoms with van der Waals surface area (Å²) in [4.78, 5) is 8.38. The van der Waals surface area contributed by atoms with Crippen molar-refractivity contribution in [3.05, 3.63) is 54.6 Å². The van der Waals surface area contributed by atoms with Crippen LogP contribution < -0.4 is 4.74 Å². The van der Waals surface area contributed by atoms with Gasteiger partial charge >= 0.3 is 0 Å². The van der Waals surface area contributed by atoms with Crippen molar-refractivity contribution in [1.82, 2.24) is 14.5 Å². The highest BCUT2D eigenvalue weighted by molar-refractivity contribution is 5.69. The van der Waals surface area contributed by atoms with E-state index in [2.05, 4.69) is 9.97 Å². The first-order valence-electron chi connectivity index (χ1n) is 6.23. The summed E-state index contributed by atoms with van der Waals surface area (Å²) in [5.41, 5.74) is 2.23. The molecule has 0 N–H and O–H groups in total. The Bertz CT molecular complexity index is 783. The smallest absolute Gasteiger partial charge is 0.229 e. The zero-order chi connectivity index (χ0) is 13.5. The van der Waals surface area contributed by atoms with Crippen LogP contribution in [0.25, 0.3) is 22.6 Å². The van der Waals surface area contributed by atoms with Crippen molar-refractivity contribution < 1.29 is 9.13 Å². The third kappa shape index (κ3) is 1.53. The van der Waals surface area contributed by atoms with Gasteiger partial charge in [0.05, 0.1) is 11.9 Å². The molecular formula is C15H10FN3O. The van der Waals surface area contributed by atoms with Gasteiger partial charge in [0.15, 0.2) is 12.6 Å². The molecule has 2 aromatic heterocycles. The Kier molecular flexibility index (Phi) is 2.32. The van der Waals surface area contributed by atoms with Crippen molar-refractivity contribution in [3.8, 4) is 28.5 Å². The Hall–Kier alpha value is -2.69. The van der Waals surface area contributed by atoms with Crippen LogP contribution in [0, 0.1) is 5.82 Å². The molecule has 3 aromatic rings. The fraction of sp³-hybridized carbons (Fsp3) is 0.0667. The summed E-state index contributed by atoms with van der Waals surface area (Å²) < 4.78 is 21.4. The van der Waals surface area contributed by atoms with Gasteiger partial charge in [-0.1, -0.05) is 30.3 Å². The molecule has 4 rings (SSSR count). The predicted octanol–water partition coefficient (Wildman–Crippen LogP) is 3.10. The average molecular weight is 267 g/mol. The first-order valence-corrected chi connectivity index (χ1v) is 6.23. The minimum absolute atomic E-state index is 0.281. The molecule has 1 aliphatic heterocycles. The summed E-state index contributed by atoms with van der Waals surface area (Å²) in [5, 5.41) is 0. The van der Waals surface area contributed by atoms with Crippen LogP contribution in [0.1, 0.15) is 0 Å². The van der Waals surface area contributed by atoms with Crippen molar-refractivity contribution in [3.63, 3.8) is 0 Å². The molecule has 0 bridgehead atoms. The standard InChI is InChI=1S/C15H10FN3O/c16-11-6-7-17-15-13(11)14-18-8-12(19(14)9-20-15)10-4-2-1-3-5-10/h1-8H,9H2. The van der Waals surface area contributed by atoms with Crippen molar-refractivity contribution in [2.75, 3.05) is 0 Å². The van der Waals surface area contributed by atoms with Crippen LogP contribution in [0.2, 0.25) is 0 Å². The number of hydrogen-bond acceptors (Lipinski definition) is 3. The Morgan fingerprint density at radius 2 is 1.95 bits per heavy atom. The topological polar surface area (TPSA) is 39.9 Å². The minimum atomic E-state index is -0.374. The van der Waals surface area contributed by atoms with Crippen LogP contribution in [0.4, 0.5) is 4.39 Å². The van der Waals surface area contributed by atoms with E-state index in [0.717, 1.165) is 11.3 Å². The van der Waals surface area contributed by atoms with Gasteiger partial charge in [-0.05, 0) is 11.6 Å². The van der Waals surface area contributed by atoms with Gasteiger partial charge in [-0.2, -0.15) is 0 Å². The zero-order valence-electron chi connectivity index (χ0n) is 10.5. The van der Waals surface area contributed by atoms with Gasteiger partial charge < -0.3 is 4.74 Å². The highest BCUT2D eigenvalue weighted by Crippen LogP contribution is 2.36. The predicted molar refractivity (Wildman–Crippen MR) is 71.5 cm³/mol. The van der Waals surface area contributed by atoms with Crippen LogP contribution in [0.15, 0.2) is 48.8 Å². The zero-order valence-corrected chi connectivity index (χ0v) is 10.5. The van der Waals surface area contributed by atoms with Crippen LogP contribution in [-0.2, 0) is 6.73 Å². The highest BCUT2D eigenvalue weighted by Gasteiger charge is 2.25. The van der Waals surface area contributed by atoms with Crippen molar-refractivity contribution in [1.29, 1.82) is 0 Å². The molecule has 3 heterocycles. The van der Waals surface area contributed by atoms with E-state index >= 15 is 0 Å². The number of halogens is 1. The van der Waals surface area contributed by atoms with Gasteiger partial charge in [-0.3, -0.25) is 4.57 Å². The molecule has 98 valence electrons. The number of hydrogen-bond donors (Lipinski definition) is 0. The number of nitrogens with zero attached hydrogens (tertiary/aromatic N) is 3. The molecule has 0 radical (unpaired) electrons. The van der Waals surface area contributed by atoms with E-state index in [1.165, 1.54) is 12.3 Å². The molecule has 1 aliphatic rings. The molecule has 4 nitrogen and oxygen atoms in total. The number of fused-ring (bicyclic) bond motifs is 3. The maximum Gasteiger partial charge on any atom is 0.229 e. The van der Waals surface area contributed by atoms with Gasteiger partial charge in [0, 0.05) is 6.20 Å². The lowest BCUT2D eigenvalue weighted by Gasteiger charge is -2.20. The Morgan fingerprint density at radius 1 is 1.10 bits per heavy atom. The van der Waals surface area contributed by atoms with E-state index in [9.17, 15) is 4.39 Å². The first kappa shape index (κ1) is 11.2. The van der Waals surface area contributed by atoms with Gasteiger partial charge in [0.1, 0.15) is 11.4 Å². The van der Waals surface area contributed by atoms with Crippen molar-refractivity contribution >= 4 is 0 Å². The second-order valence-electron chi connectivity index (χ2n) is 4.51. The molecular weight excluding hydrogens is 257 g/mol. The minimum Gasteiger partial charge on any atom is -0.455 e. The van der Waals surface area contributed by atoms with E-state index in [0.29, 0.717) is 17.3 Å². The lowest BCUT2D eigenvalue weighted by Crippen LogP contribution is -2.15. The maximum absolute atomic E-state index is 14.0. The van der Waals surface area contributed by atoms with Crippen LogP contribution in [0.5, 0.6) is 5.88 Å². The third-order valence-electron chi connectivity index (χ3n) is 3.34. The SMILES string of the molecule is Fc1ccnc2c1-c1ncc(-c3ccccc3)n1CO2. The number of benzene rings is 1. The molecule has 1 aromatic carbocycles. The molecule has 0 aliphatic carbocycles. The molecule has 0 atom stereocenters. The summed E-state index contributed by atoms with van der Waals surface area (Å²) in [6.07, 6.45) is 3.13. The lowest BCUT2D eigenvalue weighted by molar-refractivity contribution is 0.220. The number of imidazole rings is 1. The van der Waals surface area contributed by atoms with Gasteiger partial charge in [0.2, 0.25) is 5.88 Å². The van der Waals surface area contributed by atoms with Gasteiger partial charge in [-0.15, -0.1) is 0 Å². The molecule has 0 saturated carbocycles. The largest absolute Gasteiger partial charge is 0.455 e. The normalized spacial score (nSPS) is 12.4. The maximum atomic E-state index is 14.0. The summed E-state index contributed by atoms with van der Waals surface area (Å²) in [5.74, 6) is 0.472. The van der Waals surface area contributed by atoms with E-state index < -0.39 is 0 Å². The van der Waals surface area contributed by atoms with Crippen LogP contribution in [-0.4, -0.2) is 14.5 Å². The number of ether oxygens (including phenoxy) is 1. The molecule has 0 saturated heterocycles. The van der Waals surface area contributed by atoms with Gasteiger partial charge in [-0.25, -0.2) is 14.4 Å². The van der Waals surface area contributed by atoms with Crippen molar-refractivity contribution in [2.45, 2.75) is 6.73 Å². The van der Waals surface area contributed by atoms with Gasteiger partial charge in [0.25, 0.3) is 0 Å². The molecule has 0 fully saturated rings. The van der Waals surface area contributed by atoms with Crippen LogP contribution >= 0.6 is 0 Å². The second-order valence-corrected chi connectivity index (χ2v) is 4.51. The Labute approximate surface area is 114 Å². The fourth-order valence-electron chi connectivity index (χ4n) is 2.40. The highest BCUT2D eigenvalue weighted by atomic mass is 19.1. The number of aromatic nitrogens is 3. The quantitative estimate of drug-likeness (QED) is 0.680. The summed E-state index contributed by atoms with van der Waals surface area (Å²) in [6.45, 7) is 0.281. The van der Waals surface area contributed by atoms with E-state index in [-0.39, 0.29) is 12.5 Å². The fourth-order valence-corrected chi connectivity index (χ4v) is 2.40. The first-order chi connectivity index (χ1) is 9.84. The summed E-state index contributed by atoms with van der Waals surface area (Å²) in [6, 6.07) is 11.1. The molecule has 5 heteroatoms. The Morgan fingerprint density at radius 3 is 2.80 bits per heavy atom. The number of rotatable bonds is 1. The second kappa shape index (κ2) is 4.16. The Balaban J connectivity index is 1.93. The van der Waals surface area contributed by atoms with Crippen LogP contribution in [0.3, 0.4) is 0 Å². The summed E-state index contributed by atoms with van der Waals surface area (Å²) >= 11 is 0. The van der Waals surface area contributed by atoms with E-state index in [1.807, 2.05) is 34.9 Å². The third-order valence-corrected chi connectivity index (χ3v) is 3.34. The lowest BCUT2D eigenvalue weighted by atomic mass is 10.1. The monoisotopic (exact) mass is 267 g/mol.